The number of carbonyl (C=O) groups excluding carboxylic acids is 1. The van der Waals surface area contributed by atoms with Crippen LogP contribution in [0.25, 0.3) is 0 Å². The Morgan fingerprint density at radius 3 is 2.50 bits per heavy atom. The third-order valence-corrected chi connectivity index (χ3v) is 3.28. The van der Waals surface area contributed by atoms with Crippen LogP contribution < -0.4 is 20.5 Å². The summed E-state index contributed by atoms with van der Waals surface area (Å²) in [7, 11) is 1.56. The fraction of sp³-hybridized carbons (Fsp3) is 0.316. The molecule has 2 aromatic rings. The largest absolute Gasteiger partial charge is 0.497 e. The summed E-state index contributed by atoms with van der Waals surface area (Å²) in [6, 6.07) is 12.7. The number of nitrogens with one attached hydrogen (secondary N) is 1. The molecule has 0 atom stereocenters. The number of amides is 1. The Kier molecular flexibility index (Phi) is 5.34. The molecule has 2 aromatic carbocycles. The lowest BCUT2D eigenvalue weighted by Crippen LogP contribution is -2.24. The topological polar surface area (TPSA) is 73.6 Å². The summed E-state index contributed by atoms with van der Waals surface area (Å²) in [5, 5.41) is 2.87. The van der Waals surface area contributed by atoms with E-state index in [9.17, 15) is 4.79 Å². The van der Waals surface area contributed by atoms with E-state index in [4.69, 9.17) is 15.2 Å². The van der Waals surface area contributed by atoms with Crippen molar-refractivity contribution in [1.29, 1.82) is 0 Å². The number of ether oxygens (including phenoxy) is 2. The highest BCUT2D eigenvalue weighted by Crippen LogP contribution is 2.21. The van der Waals surface area contributed by atoms with E-state index in [1.54, 1.807) is 25.3 Å². The lowest BCUT2D eigenvalue weighted by molar-refractivity contribution is 0.0951. The first-order valence-electron chi connectivity index (χ1n) is 7.78. The van der Waals surface area contributed by atoms with Crippen molar-refractivity contribution < 1.29 is 14.3 Å². The predicted molar refractivity (Wildman–Crippen MR) is 95.4 cm³/mol. The van der Waals surface area contributed by atoms with Crippen LogP contribution >= 0.6 is 0 Å². The summed E-state index contributed by atoms with van der Waals surface area (Å²) in [4.78, 5) is 12.3. The van der Waals surface area contributed by atoms with Crippen LogP contribution in [-0.2, 0) is 6.54 Å². The first-order chi connectivity index (χ1) is 11.3. The molecule has 0 spiro atoms. The summed E-state index contributed by atoms with van der Waals surface area (Å²) >= 11 is 0. The molecule has 0 heterocycles. The van der Waals surface area contributed by atoms with Crippen molar-refractivity contribution >= 4 is 11.6 Å². The van der Waals surface area contributed by atoms with Gasteiger partial charge in [0.1, 0.15) is 17.1 Å². The Bertz CT molecular complexity index is 721. The molecule has 5 heteroatoms. The second-order valence-corrected chi connectivity index (χ2v) is 6.50. The van der Waals surface area contributed by atoms with Crippen LogP contribution in [-0.4, -0.2) is 18.6 Å². The molecule has 0 radical (unpaired) electrons. The van der Waals surface area contributed by atoms with E-state index in [0.29, 0.717) is 23.5 Å². The fourth-order valence-electron chi connectivity index (χ4n) is 2.22. The molecule has 5 nitrogen and oxygen atoms in total. The van der Waals surface area contributed by atoms with Gasteiger partial charge in [-0.15, -0.1) is 0 Å². The third-order valence-electron chi connectivity index (χ3n) is 3.28. The maximum Gasteiger partial charge on any atom is 0.253 e. The van der Waals surface area contributed by atoms with Gasteiger partial charge < -0.3 is 20.5 Å². The number of methoxy groups -OCH3 is 1. The number of hydrogen-bond acceptors (Lipinski definition) is 4. The van der Waals surface area contributed by atoms with Gasteiger partial charge in [0.15, 0.2) is 0 Å². The van der Waals surface area contributed by atoms with E-state index in [-0.39, 0.29) is 11.5 Å². The van der Waals surface area contributed by atoms with Crippen molar-refractivity contribution in [3.05, 3.63) is 53.6 Å². The minimum Gasteiger partial charge on any atom is -0.497 e. The highest BCUT2D eigenvalue weighted by Gasteiger charge is 2.13. The molecule has 2 rings (SSSR count). The average molecular weight is 328 g/mol. The summed E-state index contributed by atoms with van der Waals surface area (Å²) in [5.74, 6) is 1.17. The smallest absolute Gasteiger partial charge is 0.253 e. The molecule has 24 heavy (non-hydrogen) atoms. The monoisotopic (exact) mass is 328 g/mol. The number of anilines is 1. The molecule has 0 aliphatic carbocycles. The van der Waals surface area contributed by atoms with E-state index in [0.717, 1.165) is 11.3 Å². The first kappa shape index (κ1) is 17.7. The van der Waals surface area contributed by atoms with Gasteiger partial charge in [-0.05, 0) is 50.6 Å². The van der Waals surface area contributed by atoms with Crippen LogP contribution in [0.2, 0.25) is 0 Å². The summed E-state index contributed by atoms with van der Waals surface area (Å²) in [6.45, 7) is 6.38. The van der Waals surface area contributed by atoms with Gasteiger partial charge in [0, 0.05) is 18.3 Å². The molecule has 0 bridgehead atoms. The minimum atomic E-state index is -0.264. The zero-order valence-electron chi connectivity index (χ0n) is 14.6. The predicted octanol–water partition coefficient (Wildman–Crippen LogP) is 3.38. The molecule has 3 N–H and O–H groups in total. The SMILES string of the molecule is COc1ccc(C(=O)NCc2cccc(OC(C)(C)C)c2)c(N)c1. The van der Waals surface area contributed by atoms with Crippen molar-refractivity contribution in [1.82, 2.24) is 5.32 Å². The number of hydrogen-bond donors (Lipinski definition) is 2. The molecular formula is C19H24N2O3. The molecule has 0 aliphatic heterocycles. The highest BCUT2D eigenvalue weighted by molar-refractivity contribution is 5.99. The Labute approximate surface area is 142 Å². The van der Waals surface area contributed by atoms with Gasteiger partial charge in [-0.3, -0.25) is 4.79 Å². The Morgan fingerprint density at radius 1 is 1.12 bits per heavy atom. The van der Waals surface area contributed by atoms with Crippen molar-refractivity contribution in [2.45, 2.75) is 32.9 Å². The molecule has 0 aliphatic rings. The third kappa shape index (κ3) is 4.91. The number of carbonyl (C=O) groups is 1. The van der Waals surface area contributed by atoms with E-state index in [1.165, 1.54) is 0 Å². The van der Waals surface area contributed by atoms with Crippen LogP contribution in [0.1, 0.15) is 36.7 Å². The van der Waals surface area contributed by atoms with Gasteiger partial charge in [0.25, 0.3) is 5.91 Å². The second-order valence-electron chi connectivity index (χ2n) is 6.50. The normalized spacial score (nSPS) is 11.0. The highest BCUT2D eigenvalue weighted by atomic mass is 16.5. The Morgan fingerprint density at radius 2 is 1.88 bits per heavy atom. The lowest BCUT2D eigenvalue weighted by Gasteiger charge is -2.21. The summed E-state index contributed by atoms with van der Waals surface area (Å²) < 4.78 is 10.9. The Balaban J connectivity index is 2.03. The quantitative estimate of drug-likeness (QED) is 0.825. The fourth-order valence-corrected chi connectivity index (χ4v) is 2.22. The van der Waals surface area contributed by atoms with Gasteiger partial charge in [-0.1, -0.05) is 12.1 Å². The molecule has 0 fully saturated rings. The zero-order valence-corrected chi connectivity index (χ0v) is 14.6. The summed E-state index contributed by atoms with van der Waals surface area (Å²) in [5.41, 5.74) is 7.41. The summed E-state index contributed by atoms with van der Waals surface area (Å²) in [6.07, 6.45) is 0. The van der Waals surface area contributed by atoms with Crippen LogP contribution in [0.15, 0.2) is 42.5 Å². The number of benzene rings is 2. The van der Waals surface area contributed by atoms with Crippen molar-refractivity contribution in [2.24, 2.45) is 0 Å². The number of rotatable bonds is 5. The molecular weight excluding hydrogens is 304 g/mol. The molecule has 128 valence electrons. The maximum atomic E-state index is 12.3. The second kappa shape index (κ2) is 7.25. The van der Waals surface area contributed by atoms with Crippen molar-refractivity contribution in [3.8, 4) is 11.5 Å². The molecule has 1 amide bonds. The van der Waals surface area contributed by atoms with Crippen LogP contribution in [0.3, 0.4) is 0 Å². The maximum absolute atomic E-state index is 12.3. The zero-order chi connectivity index (χ0) is 17.7. The van der Waals surface area contributed by atoms with Crippen molar-refractivity contribution in [2.75, 3.05) is 12.8 Å². The molecule has 0 saturated carbocycles. The van der Waals surface area contributed by atoms with Gasteiger partial charge in [0.2, 0.25) is 0 Å². The van der Waals surface area contributed by atoms with Gasteiger partial charge >= 0.3 is 0 Å². The number of nitrogen functional groups attached to an aromatic ring is 1. The van der Waals surface area contributed by atoms with Crippen molar-refractivity contribution in [3.63, 3.8) is 0 Å². The van der Waals surface area contributed by atoms with Gasteiger partial charge in [-0.2, -0.15) is 0 Å². The van der Waals surface area contributed by atoms with Crippen LogP contribution in [0, 0.1) is 0 Å². The van der Waals surface area contributed by atoms with Gasteiger partial charge in [-0.25, -0.2) is 0 Å². The molecule has 0 unspecified atom stereocenters. The van der Waals surface area contributed by atoms with Crippen LogP contribution in [0.4, 0.5) is 5.69 Å². The van der Waals surface area contributed by atoms with E-state index in [2.05, 4.69) is 5.32 Å². The van der Waals surface area contributed by atoms with E-state index >= 15 is 0 Å². The van der Waals surface area contributed by atoms with E-state index < -0.39 is 0 Å². The molecule has 0 saturated heterocycles. The van der Waals surface area contributed by atoms with Crippen LogP contribution in [0.5, 0.6) is 11.5 Å². The number of nitrogens with two attached hydrogens (primary N) is 1. The minimum absolute atomic E-state index is 0.225. The lowest BCUT2D eigenvalue weighted by atomic mass is 10.1. The standard InChI is InChI=1S/C19H24N2O3/c1-19(2,3)24-15-7-5-6-13(10-15)12-21-18(22)16-9-8-14(23-4)11-17(16)20/h5-11H,12,20H2,1-4H3,(H,21,22). The Hall–Kier alpha value is -2.69. The first-order valence-corrected chi connectivity index (χ1v) is 7.78. The van der Waals surface area contributed by atoms with Gasteiger partial charge in [0.05, 0.1) is 12.7 Å². The van der Waals surface area contributed by atoms with E-state index in [1.807, 2.05) is 45.0 Å². The molecule has 0 aromatic heterocycles. The average Bonchev–Trinajstić information content (AvgIpc) is 2.51.